The summed E-state index contributed by atoms with van der Waals surface area (Å²) in [6.45, 7) is 0.461. The van der Waals surface area contributed by atoms with Gasteiger partial charge >= 0.3 is 6.18 Å². The highest BCUT2D eigenvalue weighted by molar-refractivity contribution is 8.01. The molecule has 11 heteroatoms. The molecule has 2 N–H and O–H groups in total. The van der Waals surface area contributed by atoms with Crippen LogP contribution in [0.1, 0.15) is 11.3 Å². The number of furan rings is 1. The largest absolute Gasteiger partial charge is 0.467 e. The van der Waals surface area contributed by atoms with Crippen LogP contribution in [0.25, 0.3) is 0 Å². The number of benzene rings is 1. The smallest absolute Gasteiger partial charge is 0.416 e. The SMILES string of the molecule is O=C(CSc1nnc(NCc2ccco2)s1)Nc1cccc(C(F)(F)F)c1. The lowest BCUT2D eigenvalue weighted by atomic mass is 10.2. The molecule has 0 radical (unpaired) electrons. The Hall–Kier alpha value is -2.53. The standard InChI is InChI=1S/C16H13F3N4O2S2/c17-16(18,19)10-3-1-4-11(7-10)21-13(24)9-26-15-23-22-14(27-15)20-8-12-5-2-6-25-12/h1-7H,8-9H2,(H,20,22)(H,21,24). The van der Waals surface area contributed by atoms with E-state index in [-0.39, 0.29) is 11.4 Å². The minimum Gasteiger partial charge on any atom is -0.467 e. The van der Waals surface area contributed by atoms with Crippen molar-refractivity contribution in [2.45, 2.75) is 17.1 Å². The van der Waals surface area contributed by atoms with Crippen LogP contribution in [0, 0.1) is 0 Å². The number of aromatic nitrogens is 2. The highest BCUT2D eigenvalue weighted by atomic mass is 32.2. The molecule has 0 fully saturated rings. The first-order valence-electron chi connectivity index (χ1n) is 7.60. The molecule has 27 heavy (non-hydrogen) atoms. The summed E-state index contributed by atoms with van der Waals surface area (Å²) in [6.07, 6.45) is -2.89. The molecule has 0 saturated heterocycles. The van der Waals surface area contributed by atoms with Crippen molar-refractivity contribution in [1.82, 2.24) is 10.2 Å². The number of carbonyl (C=O) groups excluding carboxylic acids is 1. The fourth-order valence-corrected chi connectivity index (χ4v) is 3.56. The second-order valence-corrected chi connectivity index (χ2v) is 7.42. The summed E-state index contributed by atoms with van der Waals surface area (Å²) in [5.74, 6) is 0.322. The van der Waals surface area contributed by atoms with Gasteiger partial charge in [0.15, 0.2) is 4.34 Å². The number of nitrogens with one attached hydrogen (secondary N) is 2. The maximum Gasteiger partial charge on any atom is 0.416 e. The third kappa shape index (κ3) is 5.73. The molecule has 0 bridgehead atoms. The highest BCUT2D eigenvalue weighted by Crippen LogP contribution is 2.31. The van der Waals surface area contributed by atoms with E-state index in [2.05, 4.69) is 20.8 Å². The first-order valence-corrected chi connectivity index (χ1v) is 9.40. The molecule has 6 nitrogen and oxygen atoms in total. The molecule has 0 aliphatic rings. The number of hydrogen-bond acceptors (Lipinski definition) is 7. The van der Waals surface area contributed by atoms with Gasteiger partial charge in [0.2, 0.25) is 11.0 Å². The van der Waals surface area contributed by atoms with Gasteiger partial charge in [0.25, 0.3) is 0 Å². The summed E-state index contributed by atoms with van der Waals surface area (Å²) in [5.41, 5.74) is -0.724. The summed E-state index contributed by atoms with van der Waals surface area (Å²) in [5, 5.41) is 14.0. The first kappa shape index (κ1) is 19.2. The van der Waals surface area contributed by atoms with Gasteiger partial charge in [0.1, 0.15) is 5.76 Å². The maximum atomic E-state index is 12.7. The third-order valence-corrected chi connectivity index (χ3v) is 5.22. The van der Waals surface area contributed by atoms with E-state index in [1.807, 2.05) is 6.07 Å². The normalized spacial score (nSPS) is 11.4. The molecule has 0 spiro atoms. The molecule has 2 aromatic heterocycles. The molecule has 0 aliphatic carbocycles. The number of hydrogen-bond donors (Lipinski definition) is 2. The van der Waals surface area contributed by atoms with Gasteiger partial charge in [-0.05, 0) is 30.3 Å². The Morgan fingerprint density at radius 2 is 2.07 bits per heavy atom. The summed E-state index contributed by atoms with van der Waals surface area (Å²) in [7, 11) is 0. The van der Waals surface area contributed by atoms with Gasteiger partial charge in [-0.15, -0.1) is 10.2 Å². The predicted octanol–water partition coefficient (Wildman–Crippen LogP) is 4.49. The Labute approximate surface area is 160 Å². The van der Waals surface area contributed by atoms with Crippen molar-refractivity contribution in [1.29, 1.82) is 0 Å². The van der Waals surface area contributed by atoms with Crippen LogP contribution in [-0.2, 0) is 17.5 Å². The van der Waals surface area contributed by atoms with Crippen molar-refractivity contribution in [3.05, 3.63) is 54.0 Å². The van der Waals surface area contributed by atoms with E-state index in [0.29, 0.717) is 16.0 Å². The average Bonchev–Trinajstić information content (AvgIpc) is 3.29. The lowest BCUT2D eigenvalue weighted by molar-refractivity contribution is -0.137. The van der Waals surface area contributed by atoms with Crippen LogP contribution in [0.15, 0.2) is 51.4 Å². The summed E-state index contributed by atoms with van der Waals surface area (Å²) >= 11 is 2.42. The second kappa shape index (κ2) is 8.44. The average molecular weight is 414 g/mol. The molecule has 1 amide bonds. The number of alkyl halides is 3. The zero-order valence-corrected chi connectivity index (χ0v) is 15.2. The first-order chi connectivity index (χ1) is 12.9. The number of thioether (sulfide) groups is 1. The number of nitrogens with zero attached hydrogens (tertiary/aromatic N) is 2. The van der Waals surface area contributed by atoms with Gasteiger partial charge in [0, 0.05) is 5.69 Å². The Kier molecular flexibility index (Phi) is 6.01. The van der Waals surface area contributed by atoms with Crippen molar-refractivity contribution in [3.63, 3.8) is 0 Å². The van der Waals surface area contributed by atoms with Gasteiger partial charge in [-0.25, -0.2) is 0 Å². The van der Waals surface area contributed by atoms with Crippen molar-refractivity contribution < 1.29 is 22.4 Å². The summed E-state index contributed by atoms with van der Waals surface area (Å²) in [4.78, 5) is 11.9. The van der Waals surface area contributed by atoms with Gasteiger partial charge < -0.3 is 15.1 Å². The van der Waals surface area contributed by atoms with Crippen molar-refractivity contribution in [2.24, 2.45) is 0 Å². The van der Waals surface area contributed by atoms with Gasteiger partial charge in [-0.2, -0.15) is 13.2 Å². The van der Waals surface area contributed by atoms with Crippen LogP contribution in [-0.4, -0.2) is 21.9 Å². The quantitative estimate of drug-likeness (QED) is 0.555. The van der Waals surface area contributed by atoms with E-state index in [1.165, 1.54) is 23.5 Å². The second-order valence-electron chi connectivity index (χ2n) is 5.22. The molecule has 0 unspecified atom stereocenters. The lowest BCUT2D eigenvalue weighted by Crippen LogP contribution is -2.15. The molecular weight excluding hydrogens is 401 g/mol. The van der Waals surface area contributed by atoms with E-state index in [0.717, 1.165) is 29.7 Å². The van der Waals surface area contributed by atoms with E-state index in [9.17, 15) is 18.0 Å². The van der Waals surface area contributed by atoms with Crippen LogP contribution in [0.3, 0.4) is 0 Å². The van der Waals surface area contributed by atoms with Crippen LogP contribution in [0.4, 0.5) is 24.0 Å². The van der Waals surface area contributed by atoms with Crippen molar-refractivity contribution in [2.75, 3.05) is 16.4 Å². The van der Waals surface area contributed by atoms with Gasteiger partial charge in [-0.3, -0.25) is 4.79 Å². The van der Waals surface area contributed by atoms with Gasteiger partial charge in [0.05, 0.1) is 24.1 Å². The molecule has 3 rings (SSSR count). The third-order valence-electron chi connectivity index (χ3n) is 3.20. The Balaban J connectivity index is 1.48. The van der Waals surface area contributed by atoms with Crippen molar-refractivity contribution >= 4 is 39.8 Å². The Morgan fingerprint density at radius 3 is 2.81 bits per heavy atom. The predicted molar refractivity (Wildman–Crippen MR) is 96.7 cm³/mol. The van der Waals surface area contributed by atoms with Crippen LogP contribution >= 0.6 is 23.1 Å². The minimum absolute atomic E-state index is 0.00304. The van der Waals surface area contributed by atoms with Gasteiger partial charge in [-0.1, -0.05) is 29.2 Å². The van der Waals surface area contributed by atoms with E-state index in [1.54, 1.807) is 12.3 Å². The van der Waals surface area contributed by atoms with E-state index >= 15 is 0 Å². The van der Waals surface area contributed by atoms with Crippen molar-refractivity contribution in [3.8, 4) is 0 Å². The molecule has 0 aliphatic heterocycles. The van der Waals surface area contributed by atoms with Crippen LogP contribution in [0.2, 0.25) is 0 Å². The molecule has 142 valence electrons. The minimum atomic E-state index is -4.46. The number of amides is 1. The zero-order chi connectivity index (χ0) is 19.3. The number of halogens is 3. The molecular formula is C16H13F3N4O2S2. The molecule has 1 aromatic carbocycles. The zero-order valence-electron chi connectivity index (χ0n) is 13.6. The Bertz CT molecular complexity index is 897. The molecule has 0 atom stereocenters. The van der Waals surface area contributed by atoms with E-state index in [4.69, 9.17) is 4.42 Å². The lowest BCUT2D eigenvalue weighted by Gasteiger charge is -2.09. The van der Waals surface area contributed by atoms with Crippen LogP contribution in [0.5, 0.6) is 0 Å². The monoisotopic (exact) mass is 414 g/mol. The maximum absolute atomic E-state index is 12.7. The Morgan fingerprint density at radius 1 is 1.22 bits per heavy atom. The topological polar surface area (TPSA) is 80.1 Å². The summed E-state index contributed by atoms with van der Waals surface area (Å²) < 4.78 is 43.8. The fourth-order valence-electron chi connectivity index (χ4n) is 2.01. The highest BCUT2D eigenvalue weighted by Gasteiger charge is 2.30. The van der Waals surface area contributed by atoms with E-state index < -0.39 is 17.6 Å². The molecule has 2 heterocycles. The number of anilines is 2. The summed E-state index contributed by atoms with van der Waals surface area (Å²) in [6, 6.07) is 8.09. The number of carbonyl (C=O) groups is 1. The fraction of sp³-hybridized carbons (Fsp3) is 0.188. The van der Waals surface area contributed by atoms with Crippen LogP contribution < -0.4 is 10.6 Å². The number of rotatable bonds is 7. The molecule has 0 saturated carbocycles. The molecule has 3 aromatic rings.